The van der Waals surface area contributed by atoms with Gasteiger partial charge in [-0.3, -0.25) is 14.6 Å². The number of nitrogens with zero attached hydrogens (tertiary/aromatic N) is 3. The lowest BCUT2D eigenvalue weighted by Gasteiger charge is -2.16. The van der Waals surface area contributed by atoms with E-state index in [1.807, 2.05) is 18.2 Å². The Balaban J connectivity index is 1.68. The number of pyridine rings is 1. The number of aromatic nitrogens is 2. The number of hydrogen-bond acceptors (Lipinski definition) is 5. The van der Waals surface area contributed by atoms with Crippen LogP contribution in [0, 0.1) is 6.92 Å². The molecule has 0 aliphatic heterocycles. The zero-order valence-corrected chi connectivity index (χ0v) is 17.4. The smallest absolute Gasteiger partial charge is 0.266 e. The van der Waals surface area contributed by atoms with Gasteiger partial charge in [-0.15, -0.1) is 11.3 Å². The molecule has 0 atom stereocenters. The predicted molar refractivity (Wildman–Crippen MR) is 112 cm³/mol. The summed E-state index contributed by atoms with van der Waals surface area (Å²) >= 11 is 13.1. The zero-order valence-electron chi connectivity index (χ0n) is 15.1. The fourth-order valence-corrected chi connectivity index (χ4v) is 3.76. The largest absolute Gasteiger partial charge is 0.332 e. The van der Waals surface area contributed by atoms with Crippen LogP contribution in [-0.4, -0.2) is 40.3 Å². The van der Waals surface area contributed by atoms with Crippen molar-refractivity contribution in [2.75, 3.05) is 18.9 Å². The van der Waals surface area contributed by atoms with Crippen LogP contribution in [0.25, 0.3) is 10.7 Å². The Morgan fingerprint density at radius 1 is 1.18 bits per heavy atom. The molecule has 2 heterocycles. The molecule has 0 aliphatic rings. The lowest BCUT2D eigenvalue weighted by Crippen LogP contribution is -2.34. The van der Waals surface area contributed by atoms with Gasteiger partial charge in [-0.25, -0.2) is 4.98 Å². The van der Waals surface area contributed by atoms with E-state index in [-0.39, 0.29) is 18.4 Å². The summed E-state index contributed by atoms with van der Waals surface area (Å²) in [5.41, 5.74) is 1.81. The third-order valence-corrected chi connectivity index (χ3v) is 5.71. The van der Waals surface area contributed by atoms with Crippen LogP contribution < -0.4 is 5.32 Å². The number of benzene rings is 1. The van der Waals surface area contributed by atoms with Gasteiger partial charge in [0.25, 0.3) is 5.91 Å². The average Bonchev–Trinajstić information content (AvgIpc) is 3.06. The van der Waals surface area contributed by atoms with E-state index in [9.17, 15) is 9.59 Å². The second-order valence-corrected chi connectivity index (χ2v) is 7.80. The van der Waals surface area contributed by atoms with Gasteiger partial charge in [-0.05, 0) is 37.3 Å². The van der Waals surface area contributed by atoms with Crippen LogP contribution in [0.3, 0.4) is 0 Å². The second-order valence-electron chi connectivity index (χ2n) is 5.99. The van der Waals surface area contributed by atoms with Crippen LogP contribution in [0.4, 0.5) is 5.69 Å². The maximum atomic E-state index is 12.8. The molecule has 0 fully saturated rings. The topological polar surface area (TPSA) is 75.2 Å². The molecule has 1 N–H and O–H groups in total. The average molecular weight is 435 g/mol. The molecule has 0 saturated heterocycles. The molecule has 0 spiro atoms. The van der Waals surface area contributed by atoms with Gasteiger partial charge in [0, 0.05) is 18.9 Å². The van der Waals surface area contributed by atoms with Crippen molar-refractivity contribution in [3.05, 3.63) is 63.2 Å². The van der Waals surface area contributed by atoms with Crippen molar-refractivity contribution in [3.8, 4) is 10.7 Å². The first-order chi connectivity index (χ1) is 13.3. The standard InChI is InChI=1S/C19H16Cl2N4O2S/c1-11-17(28-18(23-11)15-5-3-4-8-22-15)19(27)25(2)10-16(26)24-12-6-7-13(20)14(21)9-12/h3-9H,10H2,1-2H3,(H,24,26). The normalized spacial score (nSPS) is 10.6. The Morgan fingerprint density at radius 3 is 2.64 bits per heavy atom. The number of carbonyl (C=O) groups is 2. The van der Waals surface area contributed by atoms with E-state index in [2.05, 4.69) is 15.3 Å². The number of rotatable bonds is 5. The number of hydrogen-bond donors (Lipinski definition) is 1. The number of anilines is 1. The molecule has 1 aromatic carbocycles. The van der Waals surface area contributed by atoms with Gasteiger partial charge in [0.2, 0.25) is 5.91 Å². The monoisotopic (exact) mass is 434 g/mol. The van der Waals surface area contributed by atoms with Gasteiger partial charge >= 0.3 is 0 Å². The molecule has 2 aromatic heterocycles. The first kappa shape index (κ1) is 20.3. The molecule has 0 saturated carbocycles. The summed E-state index contributed by atoms with van der Waals surface area (Å²) in [7, 11) is 1.57. The van der Waals surface area contributed by atoms with Crippen LogP contribution in [0.15, 0.2) is 42.6 Å². The van der Waals surface area contributed by atoms with E-state index in [0.29, 0.717) is 37.0 Å². The highest BCUT2D eigenvalue weighted by molar-refractivity contribution is 7.17. The summed E-state index contributed by atoms with van der Waals surface area (Å²) in [5.74, 6) is -0.622. The van der Waals surface area contributed by atoms with E-state index in [1.54, 1.807) is 38.4 Å². The summed E-state index contributed by atoms with van der Waals surface area (Å²) < 4.78 is 0. The summed E-state index contributed by atoms with van der Waals surface area (Å²) in [6, 6.07) is 10.3. The third-order valence-electron chi connectivity index (χ3n) is 3.81. The Hall–Kier alpha value is -2.48. The van der Waals surface area contributed by atoms with Gasteiger partial charge in [0.05, 0.1) is 28.0 Å². The minimum absolute atomic E-state index is 0.116. The van der Waals surface area contributed by atoms with Crippen LogP contribution in [-0.2, 0) is 4.79 Å². The van der Waals surface area contributed by atoms with Gasteiger partial charge in [0.15, 0.2) is 0 Å². The minimum atomic E-state index is -0.346. The molecule has 0 aliphatic carbocycles. The third kappa shape index (κ3) is 4.67. The maximum absolute atomic E-state index is 12.8. The summed E-state index contributed by atoms with van der Waals surface area (Å²) in [4.78, 5) is 35.5. The number of nitrogens with one attached hydrogen (secondary N) is 1. The van der Waals surface area contributed by atoms with E-state index in [0.717, 1.165) is 0 Å². The fourth-order valence-electron chi connectivity index (χ4n) is 2.43. The Morgan fingerprint density at radius 2 is 1.96 bits per heavy atom. The Kier molecular flexibility index (Phi) is 6.28. The van der Waals surface area contributed by atoms with Gasteiger partial charge in [0.1, 0.15) is 9.88 Å². The van der Waals surface area contributed by atoms with E-state index < -0.39 is 0 Å². The Labute approximate surface area is 176 Å². The molecule has 2 amide bonds. The van der Waals surface area contributed by atoms with Crippen molar-refractivity contribution in [3.63, 3.8) is 0 Å². The molecule has 144 valence electrons. The predicted octanol–water partition coefficient (Wildman–Crippen LogP) is 4.53. The van der Waals surface area contributed by atoms with Crippen molar-refractivity contribution < 1.29 is 9.59 Å². The first-order valence-corrected chi connectivity index (χ1v) is 9.81. The van der Waals surface area contributed by atoms with Crippen molar-refractivity contribution >= 4 is 52.0 Å². The number of halogens is 2. The van der Waals surface area contributed by atoms with Crippen molar-refractivity contribution in [1.82, 2.24) is 14.9 Å². The molecule has 28 heavy (non-hydrogen) atoms. The lowest BCUT2D eigenvalue weighted by atomic mass is 10.3. The molecule has 3 rings (SSSR count). The number of aryl methyl sites for hydroxylation is 1. The highest BCUT2D eigenvalue weighted by Gasteiger charge is 2.21. The van der Waals surface area contributed by atoms with E-state index in [4.69, 9.17) is 23.2 Å². The van der Waals surface area contributed by atoms with Crippen molar-refractivity contribution in [1.29, 1.82) is 0 Å². The highest BCUT2D eigenvalue weighted by atomic mass is 35.5. The summed E-state index contributed by atoms with van der Waals surface area (Å²) in [5, 5.41) is 4.10. The fraction of sp³-hybridized carbons (Fsp3) is 0.158. The molecule has 6 nitrogen and oxygen atoms in total. The minimum Gasteiger partial charge on any atom is -0.332 e. The van der Waals surface area contributed by atoms with Crippen molar-refractivity contribution in [2.45, 2.75) is 6.92 Å². The molecular weight excluding hydrogens is 419 g/mol. The van der Waals surface area contributed by atoms with Gasteiger partial charge in [-0.2, -0.15) is 0 Å². The summed E-state index contributed by atoms with van der Waals surface area (Å²) in [6.07, 6.45) is 1.67. The van der Waals surface area contributed by atoms with Crippen LogP contribution in [0.2, 0.25) is 10.0 Å². The first-order valence-electron chi connectivity index (χ1n) is 8.24. The summed E-state index contributed by atoms with van der Waals surface area (Å²) in [6.45, 7) is 1.65. The number of amides is 2. The Bertz CT molecular complexity index is 1020. The lowest BCUT2D eigenvalue weighted by molar-refractivity contribution is -0.116. The van der Waals surface area contributed by atoms with Gasteiger partial charge < -0.3 is 10.2 Å². The highest BCUT2D eigenvalue weighted by Crippen LogP contribution is 2.27. The second kappa shape index (κ2) is 8.68. The SMILES string of the molecule is Cc1nc(-c2ccccn2)sc1C(=O)N(C)CC(=O)Nc1ccc(Cl)c(Cl)c1. The van der Waals surface area contributed by atoms with E-state index in [1.165, 1.54) is 16.2 Å². The number of carbonyl (C=O) groups excluding carboxylic acids is 2. The molecule has 9 heteroatoms. The zero-order chi connectivity index (χ0) is 20.3. The quantitative estimate of drug-likeness (QED) is 0.639. The molecule has 0 unspecified atom stereocenters. The molecular formula is C19H16Cl2N4O2S. The van der Waals surface area contributed by atoms with Crippen LogP contribution >= 0.6 is 34.5 Å². The molecule has 0 bridgehead atoms. The van der Waals surface area contributed by atoms with Crippen LogP contribution in [0.5, 0.6) is 0 Å². The molecule has 3 aromatic rings. The molecule has 0 radical (unpaired) electrons. The van der Waals surface area contributed by atoms with Crippen molar-refractivity contribution in [2.24, 2.45) is 0 Å². The number of thiazole rings is 1. The number of likely N-dealkylation sites (N-methyl/N-ethyl adjacent to an activating group) is 1. The van der Waals surface area contributed by atoms with E-state index >= 15 is 0 Å². The van der Waals surface area contributed by atoms with Crippen LogP contribution in [0.1, 0.15) is 15.4 Å². The van der Waals surface area contributed by atoms with Gasteiger partial charge in [-0.1, -0.05) is 29.3 Å². The maximum Gasteiger partial charge on any atom is 0.266 e.